The van der Waals surface area contributed by atoms with Crippen molar-refractivity contribution in [2.75, 3.05) is 26.7 Å². The molecule has 0 radical (unpaired) electrons. The van der Waals surface area contributed by atoms with Gasteiger partial charge in [-0.3, -0.25) is 4.90 Å². The minimum absolute atomic E-state index is 0.698. The third kappa shape index (κ3) is 5.99. The molecule has 2 heterocycles. The molecule has 1 aliphatic rings. The number of aromatic nitrogens is 2. The fourth-order valence-corrected chi connectivity index (χ4v) is 4.11. The lowest BCUT2D eigenvalue weighted by Crippen LogP contribution is -2.37. The van der Waals surface area contributed by atoms with E-state index in [2.05, 4.69) is 69.5 Å². The van der Waals surface area contributed by atoms with Crippen molar-refractivity contribution >= 4 is 0 Å². The van der Waals surface area contributed by atoms with Crippen LogP contribution in [0.1, 0.15) is 35.7 Å². The van der Waals surface area contributed by atoms with E-state index in [0.29, 0.717) is 12.3 Å². The zero-order valence-corrected chi connectivity index (χ0v) is 17.2. The van der Waals surface area contributed by atoms with Gasteiger partial charge in [0.1, 0.15) is 0 Å². The number of hydrogen-bond donors (Lipinski definition) is 0. The van der Waals surface area contributed by atoms with E-state index in [1.54, 1.807) is 0 Å². The van der Waals surface area contributed by atoms with Crippen LogP contribution < -0.4 is 0 Å². The Morgan fingerprint density at radius 3 is 2.21 bits per heavy atom. The van der Waals surface area contributed by atoms with Crippen molar-refractivity contribution in [3.63, 3.8) is 0 Å². The van der Waals surface area contributed by atoms with Gasteiger partial charge < -0.3 is 9.32 Å². The van der Waals surface area contributed by atoms with Crippen LogP contribution in [0.25, 0.3) is 0 Å². The van der Waals surface area contributed by atoms with Crippen LogP contribution in [0.3, 0.4) is 0 Å². The van der Waals surface area contributed by atoms with E-state index in [1.807, 2.05) is 18.2 Å². The summed E-state index contributed by atoms with van der Waals surface area (Å²) in [5, 5.41) is 8.48. The minimum atomic E-state index is 0.698. The molecule has 1 aliphatic heterocycles. The molecule has 1 fully saturated rings. The molecule has 4 rings (SSSR count). The van der Waals surface area contributed by atoms with Gasteiger partial charge in [0.2, 0.25) is 11.8 Å². The molecule has 0 saturated carbocycles. The van der Waals surface area contributed by atoms with E-state index in [1.165, 1.54) is 24.0 Å². The maximum absolute atomic E-state index is 5.88. The van der Waals surface area contributed by atoms with E-state index in [0.717, 1.165) is 44.5 Å². The summed E-state index contributed by atoms with van der Waals surface area (Å²) >= 11 is 0. The molecule has 0 N–H and O–H groups in total. The first-order valence-corrected chi connectivity index (χ1v) is 10.5. The Hall–Kier alpha value is -2.50. The average Bonchev–Trinajstić information content (AvgIpc) is 3.17. The van der Waals surface area contributed by atoms with Crippen molar-refractivity contribution in [2.24, 2.45) is 5.92 Å². The van der Waals surface area contributed by atoms with Crippen LogP contribution in [0.4, 0.5) is 0 Å². The fourth-order valence-electron chi connectivity index (χ4n) is 4.11. The summed E-state index contributed by atoms with van der Waals surface area (Å²) in [6, 6.07) is 21.0. The van der Waals surface area contributed by atoms with Crippen molar-refractivity contribution in [3.05, 3.63) is 83.6 Å². The second kappa shape index (κ2) is 9.81. The normalized spacial score (nSPS) is 15.8. The molecule has 2 aromatic carbocycles. The first-order chi connectivity index (χ1) is 14.2. The Balaban J connectivity index is 1.20. The van der Waals surface area contributed by atoms with Gasteiger partial charge in [-0.1, -0.05) is 60.7 Å². The average molecular weight is 391 g/mol. The first kappa shape index (κ1) is 19.8. The van der Waals surface area contributed by atoms with Crippen molar-refractivity contribution in [1.29, 1.82) is 0 Å². The van der Waals surface area contributed by atoms with Crippen LogP contribution in [-0.2, 0) is 19.5 Å². The Kier molecular flexibility index (Phi) is 6.70. The molecule has 3 aromatic rings. The van der Waals surface area contributed by atoms with E-state index < -0.39 is 0 Å². The Morgan fingerprint density at radius 1 is 0.897 bits per heavy atom. The topological polar surface area (TPSA) is 45.4 Å². The highest BCUT2D eigenvalue weighted by atomic mass is 16.4. The van der Waals surface area contributed by atoms with Gasteiger partial charge in [-0.15, -0.1) is 10.2 Å². The highest BCUT2D eigenvalue weighted by Gasteiger charge is 2.22. The molecule has 1 saturated heterocycles. The van der Waals surface area contributed by atoms with Crippen LogP contribution in [-0.4, -0.2) is 46.7 Å². The molecular formula is C24H30N4O. The molecule has 5 heteroatoms. The second-order valence-corrected chi connectivity index (χ2v) is 8.15. The van der Waals surface area contributed by atoms with Gasteiger partial charge in [-0.2, -0.15) is 0 Å². The maximum atomic E-state index is 5.88. The number of nitrogens with zero attached hydrogens (tertiary/aromatic N) is 4. The number of piperidine rings is 1. The quantitative estimate of drug-likeness (QED) is 0.582. The van der Waals surface area contributed by atoms with Gasteiger partial charge in [-0.05, 0) is 50.0 Å². The maximum Gasteiger partial charge on any atom is 0.230 e. The van der Waals surface area contributed by atoms with Crippen molar-refractivity contribution in [3.8, 4) is 0 Å². The van der Waals surface area contributed by atoms with Crippen LogP contribution >= 0.6 is 0 Å². The van der Waals surface area contributed by atoms with E-state index in [-0.39, 0.29) is 0 Å². The monoisotopic (exact) mass is 390 g/mol. The van der Waals surface area contributed by atoms with Gasteiger partial charge in [0.05, 0.1) is 13.0 Å². The number of rotatable bonds is 8. The van der Waals surface area contributed by atoms with Gasteiger partial charge in [0.25, 0.3) is 0 Å². The highest BCUT2D eigenvalue weighted by Crippen LogP contribution is 2.20. The lowest BCUT2D eigenvalue weighted by Gasteiger charge is -2.33. The molecule has 1 aromatic heterocycles. The summed E-state index contributed by atoms with van der Waals surface area (Å²) in [5.41, 5.74) is 2.58. The summed E-state index contributed by atoms with van der Waals surface area (Å²) in [6.45, 7) is 5.13. The molecule has 0 bridgehead atoms. The minimum Gasteiger partial charge on any atom is -0.424 e. The zero-order valence-electron chi connectivity index (χ0n) is 17.2. The van der Waals surface area contributed by atoms with Crippen LogP contribution in [0, 0.1) is 5.92 Å². The molecule has 0 aliphatic carbocycles. The van der Waals surface area contributed by atoms with Crippen molar-refractivity contribution in [2.45, 2.75) is 32.4 Å². The summed E-state index contributed by atoms with van der Waals surface area (Å²) in [6.07, 6.45) is 3.15. The molecule has 152 valence electrons. The first-order valence-electron chi connectivity index (χ1n) is 10.5. The van der Waals surface area contributed by atoms with Crippen molar-refractivity contribution < 1.29 is 4.42 Å². The lowest BCUT2D eigenvalue weighted by atomic mass is 9.96. The predicted molar refractivity (Wildman–Crippen MR) is 114 cm³/mol. The van der Waals surface area contributed by atoms with Gasteiger partial charge in [0.15, 0.2) is 0 Å². The standard InChI is InChI=1S/C24H30N4O/c1-27(17-21-10-6-3-7-11-21)18-22-12-14-28(15-13-22)19-24-26-25-23(29-24)16-20-8-4-2-5-9-20/h2-11,22H,12-19H2,1H3. The summed E-state index contributed by atoms with van der Waals surface area (Å²) in [7, 11) is 2.23. The number of likely N-dealkylation sites (tertiary alicyclic amines) is 1. The molecule has 0 spiro atoms. The molecule has 5 nitrogen and oxygen atoms in total. The fraction of sp³-hybridized carbons (Fsp3) is 0.417. The summed E-state index contributed by atoms with van der Waals surface area (Å²) in [5.74, 6) is 2.19. The van der Waals surface area contributed by atoms with Gasteiger partial charge in [0, 0.05) is 13.1 Å². The van der Waals surface area contributed by atoms with Gasteiger partial charge >= 0.3 is 0 Å². The number of benzene rings is 2. The Labute approximate surface area is 173 Å². The summed E-state index contributed by atoms with van der Waals surface area (Å²) < 4.78 is 5.88. The molecule has 0 unspecified atom stereocenters. The molecule has 0 amide bonds. The van der Waals surface area contributed by atoms with Gasteiger partial charge in [-0.25, -0.2) is 0 Å². The predicted octanol–water partition coefficient (Wildman–Crippen LogP) is 4.00. The summed E-state index contributed by atoms with van der Waals surface area (Å²) in [4.78, 5) is 4.89. The third-order valence-corrected chi connectivity index (χ3v) is 5.64. The molecule has 29 heavy (non-hydrogen) atoms. The van der Waals surface area contributed by atoms with E-state index >= 15 is 0 Å². The third-order valence-electron chi connectivity index (χ3n) is 5.64. The highest BCUT2D eigenvalue weighted by molar-refractivity contribution is 5.17. The lowest BCUT2D eigenvalue weighted by molar-refractivity contribution is 0.138. The van der Waals surface area contributed by atoms with Crippen LogP contribution in [0.15, 0.2) is 65.1 Å². The van der Waals surface area contributed by atoms with E-state index in [9.17, 15) is 0 Å². The zero-order chi connectivity index (χ0) is 19.9. The second-order valence-electron chi connectivity index (χ2n) is 8.15. The molecular weight excluding hydrogens is 360 g/mol. The Bertz CT molecular complexity index is 857. The smallest absolute Gasteiger partial charge is 0.230 e. The van der Waals surface area contributed by atoms with Crippen molar-refractivity contribution in [1.82, 2.24) is 20.0 Å². The van der Waals surface area contributed by atoms with Crippen LogP contribution in [0.2, 0.25) is 0 Å². The van der Waals surface area contributed by atoms with Crippen LogP contribution in [0.5, 0.6) is 0 Å². The molecule has 0 atom stereocenters. The Morgan fingerprint density at radius 2 is 1.52 bits per heavy atom. The SMILES string of the molecule is CN(Cc1ccccc1)CC1CCN(Cc2nnc(Cc3ccccc3)o2)CC1. The number of hydrogen-bond acceptors (Lipinski definition) is 5. The van der Waals surface area contributed by atoms with E-state index in [4.69, 9.17) is 4.42 Å². The largest absolute Gasteiger partial charge is 0.424 e.